The molecule has 0 aromatic heterocycles. The van der Waals surface area contributed by atoms with Crippen LogP contribution < -0.4 is 0 Å². The number of aryl methyl sites for hydroxylation is 2. The van der Waals surface area contributed by atoms with Crippen molar-refractivity contribution in [2.24, 2.45) is 0 Å². The summed E-state index contributed by atoms with van der Waals surface area (Å²) in [6, 6.07) is 14.3. The Labute approximate surface area is 143 Å². The Morgan fingerprint density at radius 2 is 1.67 bits per heavy atom. The van der Waals surface area contributed by atoms with Gasteiger partial charge in [0.2, 0.25) is 0 Å². The summed E-state index contributed by atoms with van der Waals surface area (Å²) in [5.41, 5.74) is 6.03. The van der Waals surface area contributed by atoms with Gasteiger partial charge >= 0.3 is 5.97 Å². The van der Waals surface area contributed by atoms with Gasteiger partial charge in [0.1, 0.15) is 0 Å². The second-order valence-electron chi connectivity index (χ2n) is 6.88. The molecule has 0 aliphatic heterocycles. The number of fused-ring (bicyclic) bond motifs is 1. The fourth-order valence-electron chi connectivity index (χ4n) is 3.31. The second-order valence-corrected chi connectivity index (χ2v) is 6.88. The van der Waals surface area contributed by atoms with Crippen molar-refractivity contribution in [3.05, 3.63) is 70.3 Å². The average Bonchev–Trinajstić information content (AvgIpc) is 2.59. The minimum absolute atomic E-state index is 0.362. The van der Waals surface area contributed by atoms with Gasteiger partial charge in [0, 0.05) is 0 Å². The van der Waals surface area contributed by atoms with Crippen LogP contribution in [0.3, 0.4) is 0 Å². The third kappa shape index (κ3) is 3.59. The van der Waals surface area contributed by atoms with Crippen molar-refractivity contribution >= 4 is 17.6 Å². The molecule has 2 aromatic rings. The van der Waals surface area contributed by atoms with Crippen molar-refractivity contribution in [2.45, 2.75) is 45.4 Å². The predicted molar refractivity (Wildman–Crippen MR) is 99.1 cm³/mol. The van der Waals surface area contributed by atoms with Crippen LogP contribution in [0.5, 0.6) is 0 Å². The van der Waals surface area contributed by atoms with Crippen LogP contribution in [0, 0.1) is 0 Å². The zero-order valence-electron chi connectivity index (χ0n) is 14.4. The first kappa shape index (κ1) is 16.5. The molecule has 0 saturated carbocycles. The van der Waals surface area contributed by atoms with Crippen molar-refractivity contribution in [3.8, 4) is 0 Å². The van der Waals surface area contributed by atoms with Crippen LogP contribution in [0.1, 0.15) is 60.4 Å². The first-order valence-electron chi connectivity index (χ1n) is 8.71. The lowest BCUT2D eigenvalue weighted by Crippen LogP contribution is -2.05. The van der Waals surface area contributed by atoms with E-state index in [1.165, 1.54) is 29.5 Å². The highest BCUT2D eigenvalue weighted by Crippen LogP contribution is 2.27. The number of hydrogen-bond acceptors (Lipinski definition) is 1. The van der Waals surface area contributed by atoms with Crippen molar-refractivity contribution in [1.29, 1.82) is 0 Å². The molecule has 0 bridgehead atoms. The van der Waals surface area contributed by atoms with Crippen LogP contribution in [0.2, 0.25) is 0 Å². The van der Waals surface area contributed by atoms with Gasteiger partial charge in [-0.1, -0.05) is 56.3 Å². The molecule has 2 nitrogen and oxygen atoms in total. The molecule has 0 spiro atoms. The lowest BCUT2D eigenvalue weighted by molar-refractivity contribution is -0.130. The van der Waals surface area contributed by atoms with E-state index in [4.69, 9.17) is 0 Å². The van der Waals surface area contributed by atoms with Crippen LogP contribution >= 0.6 is 0 Å². The summed E-state index contributed by atoms with van der Waals surface area (Å²) in [5.74, 6) is -0.402. The van der Waals surface area contributed by atoms with Crippen LogP contribution in [-0.2, 0) is 17.6 Å². The minimum atomic E-state index is -0.876. The maximum Gasteiger partial charge on any atom is 0.336 e. The third-order valence-electron chi connectivity index (χ3n) is 4.80. The molecule has 0 saturated heterocycles. The van der Waals surface area contributed by atoms with E-state index in [9.17, 15) is 9.90 Å². The number of hydrogen-bond donors (Lipinski definition) is 1. The Kier molecular flexibility index (Phi) is 4.84. The number of carboxylic acids is 1. The first-order chi connectivity index (χ1) is 11.5. The summed E-state index contributed by atoms with van der Waals surface area (Å²) in [7, 11) is 0. The second kappa shape index (κ2) is 7.04. The highest BCUT2D eigenvalue weighted by Gasteiger charge is 2.15. The Bertz CT molecular complexity index is 767. The smallest absolute Gasteiger partial charge is 0.336 e. The molecule has 0 radical (unpaired) electrons. The number of carboxylic acid groups (broad SMARTS) is 1. The molecule has 0 fully saturated rings. The summed E-state index contributed by atoms with van der Waals surface area (Å²) in [4.78, 5) is 11.8. The van der Waals surface area contributed by atoms with Gasteiger partial charge in [-0.2, -0.15) is 0 Å². The fraction of sp³-hybridized carbons (Fsp3) is 0.318. The van der Waals surface area contributed by atoms with Gasteiger partial charge in [-0.05, 0) is 65.5 Å². The normalized spacial score (nSPS) is 14.5. The zero-order valence-corrected chi connectivity index (χ0v) is 14.4. The van der Waals surface area contributed by atoms with E-state index >= 15 is 0 Å². The SMILES string of the molecule is CC(C)c1ccc(/C=C(\C(=O)O)c2ccc3c(c2)CCCC3)cc1. The fourth-order valence-corrected chi connectivity index (χ4v) is 3.31. The first-order valence-corrected chi connectivity index (χ1v) is 8.71. The van der Waals surface area contributed by atoms with Crippen molar-refractivity contribution in [3.63, 3.8) is 0 Å². The number of aliphatic carboxylic acids is 1. The quantitative estimate of drug-likeness (QED) is 0.612. The van der Waals surface area contributed by atoms with E-state index in [0.717, 1.165) is 24.0 Å². The number of rotatable bonds is 4. The van der Waals surface area contributed by atoms with Gasteiger partial charge in [0.15, 0.2) is 0 Å². The molecule has 0 heterocycles. The highest BCUT2D eigenvalue weighted by atomic mass is 16.4. The molecule has 0 atom stereocenters. The molecule has 24 heavy (non-hydrogen) atoms. The molecule has 2 heteroatoms. The largest absolute Gasteiger partial charge is 0.478 e. The summed E-state index contributed by atoms with van der Waals surface area (Å²) < 4.78 is 0. The Morgan fingerprint density at radius 3 is 2.29 bits per heavy atom. The molecular weight excluding hydrogens is 296 g/mol. The molecule has 2 aromatic carbocycles. The lowest BCUT2D eigenvalue weighted by atomic mass is 9.88. The monoisotopic (exact) mass is 320 g/mol. The molecular formula is C22H24O2. The van der Waals surface area contributed by atoms with Gasteiger partial charge in [-0.15, -0.1) is 0 Å². The Balaban J connectivity index is 1.96. The molecule has 1 N–H and O–H groups in total. The Morgan fingerprint density at radius 1 is 1.00 bits per heavy atom. The third-order valence-corrected chi connectivity index (χ3v) is 4.80. The van der Waals surface area contributed by atoms with Crippen molar-refractivity contribution < 1.29 is 9.90 Å². The highest BCUT2D eigenvalue weighted by molar-refractivity contribution is 6.20. The van der Waals surface area contributed by atoms with Gasteiger partial charge in [-0.3, -0.25) is 0 Å². The van der Waals surface area contributed by atoms with E-state index in [1.54, 1.807) is 6.08 Å². The lowest BCUT2D eigenvalue weighted by Gasteiger charge is -2.16. The molecule has 1 aliphatic rings. The van der Waals surface area contributed by atoms with Gasteiger partial charge < -0.3 is 5.11 Å². The maximum atomic E-state index is 11.8. The van der Waals surface area contributed by atoms with Crippen molar-refractivity contribution in [2.75, 3.05) is 0 Å². The summed E-state index contributed by atoms with van der Waals surface area (Å²) in [5, 5.41) is 9.67. The van der Waals surface area contributed by atoms with E-state index < -0.39 is 5.97 Å². The average molecular weight is 320 g/mol. The molecule has 0 amide bonds. The summed E-state index contributed by atoms with van der Waals surface area (Å²) in [6.07, 6.45) is 6.37. The standard InChI is InChI=1S/C22H24O2/c1-15(2)17-9-7-16(8-10-17)13-21(22(23)24)20-12-11-18-5-3-4-6-19(18)14-20/h7-15H,3-6H2,1-2H3,(H,23,24)/b21-13-. The molecule has 124 valence electrons. The summed E-state index contributed by atoms with van der Waals surface area (Å²) in [6.45, 7) is 4.31. The number of benzene rings is 2. The van der Waals surface area contributed by atoms with E-state index in [0.29, 0.717) is 11.5 Å². The van der Waals surface area contributed by atoms with Crippen LogP contribution in [0.25, 0.3) is 11.6 Å². The molecule has 1 aliphatic carbocycles. The predicted octanol–water partition coefficient (Wildman–Crippen LogP) is 5.31. The molecule has 3 rings (SSSR count). The van der Waals surface area contributed by atoms with Gasteiger partial charge in [-0.25, -0.2) is 4.79 Å². The zero-order chi connectivity index (χ0) is 17.1. The van der Waals surface area contributed by atoms with Crippen LogP contribution in [-0.4, -0.2) is 11.1 Å². The number of carbonyl (C=O) groups is 1. The molecule has 0 unspecified atom stereocenters. The summed E-state index contributed by atoms with van der Waals surface area (Å²) >= 11 is 0. The van der Waals surface area contributed by atoms with Gasteiger partial charge in [0.05, 0.1) is 5.57 Å². The van der Waals surface area contributed by atoms with E-state index in [-0.39, 0.29) is 0 Å². The Hall–Kier alpha value is -2.35. The maximum absolute atomic E-state index is 11.8. The van der Waals surface area contributed by atoms with E-state index in [2.05, 4.69) is 38.1 Å². The van der Waals surface area contributed by atoms with Crippen LogP contribution in [0.15, 0.2) is 42.5 Å². The van der Waals surface area contributed by atoms with Gasteiger partial charge in [0.25, 0.3) is 0 Å². The minimum Gasteiger partial charge on any atom is -0.478 e. The van der Waals surface area contributed by atoms with E-state index in [1.807, 2.05) is 18.2 Å². The van der Waals surface area contributed by atoms with Crippen molar-refractivity contribution in [1.82, 2.24) is 0 Å². The topological polar surface area (TPSA) is 37.3 Å². The van der Waals surface area contributed by atoms with Crippen LogP contribution in [0.4, 0.5) is 0 Å².